The van der Waals surface area contributed by atoms with Crippen LogP contribution >= 0.6 is 0 Å². The molecule has 2 aromatic rings. The first-order valence-electron chi connectivity index (χ1n) is 9.56. The van der Waals surface area contributed by atoms with E-state index in [9.17, 15) is 9.59 Å². The van der Waals surface area contributed by atoms with E-state index in [0.717, 1.165) is 50.3 Å². The number of aromatic amines is 1. The summed E-state index contributed by atoms with van der Waals surface area (Å²) in [6, 6.07) is 0. The molecule has 2 saturated heterocycles. The molecule has 9 heteroatoms. The maximum absolute atomic E-state index is 12.5. The van der Waals surface area contributed by atoms with Crippen molar-refractivity contribution < 1.29 is 4.79 Å². The maximum Gasteiger partial charge on any atom is 0.273 e. The Kier molecular flexibility index (Phi) is 5.02. The highest BCUT2D eigenvalue weighted by Gasteiger charge is 2.28. The monoisotopic (exact) mass is 371 g/mol. The van der Waals surface area contributed by atoms with E-state index in [-0.39, 0.29) is 17.2 Å². The summed E-state index contributed by atoms with van der Waals surface area (Å²) >= 11 is 0. The summed E-state index contributed by atoms with van der Waals surface area (Å²) in [4.78, 5) is 34.3. The second kappa shape index (κ2) is 7.59. The van der Waals surface area contributed by atoms with Crippen LogP contribution in [0.15, 0.2) is 17.2 Å². The van der Waals surface area contributed by atoms with E-state index < -0.39 is 0 Å². The first-order chi connectivity index (χ1) is 13.1. The molecule has 2 fully saturated rings. The number of nitrogens with one attached hydrogen (secondary N) is 1. The van der Waals surface area contributed by atoms with Gasteiger partial charge < -0.3 is 14.5 Å². The van der Waals surface area contributed by atoms with E-state index >= 15 is 0 Å². The average molecular weight is 371 g/mol. The highest BCUT2D eigenvalue weighted by molar-refractivity contribution is 5.92. The third-order valence-corrected chi connectivity index (χ3v) is 5.60. The Bertz CT molecular complexity index is 840. The molecule has 4 rings (SSSR count). The zero-order chi connectivity index (χ0) is 18.8. The Morgan fingerprint density at radius 2 is 1.93 bits per heavy atom. The minimum absolute atomic E-state index is 0.141. The van der Waals surface area contributed by atoms with Gasteiger partial charge in [-0.05, 0) is 38.8 Å². The standard InChI is InChI=1S/C18H25N7O2/c1-23-15(12-24-6-2-3-7-24)21-22-17(23)13-4-8-25(9-5-13)18(27)14-10-20-16(26)11-19-14/h10-11,13H,2-9,12H2,1H3,(H,20,26). The minimum Gasteiger partial charge on any atom is -0.337 e. The Morgan fingerprint density at radius 3 is 2.59 bits per heavy atom. The zero-order valence-corrected chi connectivity index (χ0v) is 15.6. The molecule has 144 valence electrons. The molecule has 0 aromatic carbocycles. The molecule has 9 nitrogen and oxygen atoms in total. The number of H-pyrrole nitrogens is 1. The molecule has 2 aromatic heterocycles. The highest BCUT2D eigenvalue weighted by atomic mass is 16.2. The van der Waals surface area contributed by atoms with Gasteiger partial charge in [0, 0.05) is 32.3 Å². The van der Waals surface area contributed by atoms with Crippen molar-refractivity contribution in [1.82, 2.24) is 34.5 Å². The van der Waals surface area contributed by atoms with Crippen LogP contribution in [-0.2, 0) is 13.6 Å². The van der Waals surface area contributed by atoms with Gasteiger partial charge in [-0.2, -0.15) is 0 Å². The molecule has 0 bridgehead atoms. The molecule has 2 aliphatic heterocycles. The number of carbonyl (C=O) groups excluding carboxylic acids is 1. The number of piperidine rings is 1. The number of nitrogens with zero attached hydrogens (tertiary/aromatic N) is 6. The molecule has 0 aliphatic carbocycles. The van der Waals surface area contributed by atoms with Crippen LogP contribution in [0.4, 0.5) is 0 Å². The summed E-state index contributed by atoms with van der Waals surface area (Å²) in [6.45, 7) is 4.44. The van der Waals surface area contributed by atoms with Crippen LogP contribution in [0.2, 0.25) is 0 Å². The number of amides is 1. The summed E-state index contributed by atoms with van der Waals surface area (Å²) in [7, 11) is 2.04. The highest BCUT2D eigenvalue weighted by Crippen LogP contribution is 2.27. The van der Waals surface area contributed by atoms with Gasteiger partial charge in [-0.25, -0.2) is 4.98 Å². The number of hydrogen-bond donors (Lipinski definition) is 1. The fourth-order valence-electron chi connectivity index (χ4n) is 3.97. The Labute approximate surface area is 157 Å². The van der Waals surface area contributed by atoms with E-state index in [1.54, 1.807) is 4.90 Å². The Morgan fingerprint density at radius 1 is 1.19 bits per heavy atom. The lowest BCUT2D eigenvalue weighted by Crippen LogP contribution is -2.39. The van der Waals surface area contributed by atoms with Crippen molar-refractivity contribution in [2.24, 2.45) is 7.05 Å². The lowest BCUT2D eigenvalue weighted by molar-refractivity contribution is 0.0704. The van der Waals surface area contributed by atoms with Crippen molar-refractivity contribution in [3.05, 3.63) is 40.1 Å². The van der Waals surface area contributed by atoms with Crippen molar-refractivity contribution in [1.29, 1.82) is 0 Å². The zero-order valence-electron chi connectivity index (χ0n) is 15.6. The summed E-state index contributed by atoms with van der Waals surface area (Å²) < 4.78 is 2.13. The van der Waals surface area contributed by atoms with E-state index in [2.05, 4.69) is 29.6 Å². The average Bonchev–Trinajstić information content (AvgIpc) is 3.33. The third-order valence-electron chi connectivity index (χ3n) is 5.60. The lowest BCUT2D eigenvalue weighted by Gasteiger charge is -2.31. The molecule has 2 aliphatic rings. The van der Waals surface area contributed by atoms with Gasteiger partial charge in [0.2, 0.25) is 0 Å². The fourth-order valence-corrected chi connectivity index (χ4v) is 3.97. The van der Waals surface area contributed by atoms with Crippen molar-refractivity contribution >= 4 is 5.91 Å². The van der Waals surface area contributed by atoms with Gasteiger partial charge >= 0.3 is 0 Å². The van der Waals surface area contributed by atoms with Gasteiger partial charge in [0.05, 0.1) is 12.7 Å². The predicted molar refractivity (Wildman–Crippen MR) is 98.3 cm³/mol. The first kappa shape index (κ1) is 17.8. The van der Waals surface area contributed by atoms with Crippen LogP contribution in [0.25, 0.3) is 0 Å². The van der Waals surface area contributed by atoms with Crippen molar-refractivity contribution in [3.63, 3.8) is 0 Å². The summed E-state index contributed by atoms with van der Waals surface area (Å²) in [5.74, 6) is 2.20. The maximum atomic E-state index is 12.5. The normalized spacial score (nSPS) is 18.9. The first-order valence-corrected chi connectivity index (χ1v) is 9.56. The fraction of sp³-hybridized carbons (Fsp3) is 0.611. The molecule has 0 unspecified atom stereocenters. The minimum atomic E-state index is -0.308. The largest absolute Gasteiger partial charge is 0.337 e. The van der Waals surface area contributed by atoms with Gasteiger partial charge in [0.1, 0.15) is 17.3 Å². The van der Waals surface area contributed by atoms with Gasteiger partial charge in [0.15, 0.2) is 0 Å². The van der Waals surface area contributed by atoms with Crippen LogP contribution in [-0.4, -0.2) is 66.6 Å². The molecule has 1 amide bonds. The van der Waals surface area contributed by atoms with E-state index in [0.29, 0.717) is 19.0 Å². The van der Waals surface area contributed by atoms with E-state index in [1.807, 2.05) is 7.05 Å². The number of likely N-dealkylation sites (tertiary alicyclic amines) is 2. The van der Waals surface area contributed by atoms with Crippen LogP contribution in [0.3, 0.4) is 0 Å². The molecular weight excluding hydrogens is 346 g/mol. The third kappa shape index (κ3) is 3.78. The molecule has 0 saturated carbocycles. The van der Waals surface area contributed by atoms with E-state index in [1.165, 1.54) is 19.0 Å². The lowest BCUT2D eigenvalue weighted by atomic mass is 9.95. The molecular formula is C18H25N7O2. The SMILES string of the molecule is Cn1c(CN2CCCC2)nnc1C1CCN(C(=O)c2c[nH]c(=O)cn2)CC1. The van der Waals surface area contributed by atoms with Crippen molar-refractivity contribution in [2.75, 3.05) is 26.2 Å². The van der Waals surface area contributed by atoms with Gasteiger partial charge in [0.25, 0.3) is 11.5 Å². The summed E-state index contributed by atoms with van der Waals surface area (Å²) in [5.41, 5.74) is -0.0307. The second-order valence-corrected chi connectivity index (χ2v) is 7.38. The molecule has 0 radical (unpaired) electrons. The summed E-state index contributed by atoms with van der Waals surface area (Å²) in [5, 5.41) is 8.86. The van der Waals surface area contributed by atoms with Crippen molar-refractivity contribution in [3.8, 4) is 0 Å². The Balaban J connectivity index is 1.37. The number of carbonyl (C=O) groups is 1. The second-order valence-electron chi connectivity index (χ2n) is 7.38. The van der Waals surface area contributed by atoms with Gasteiger partial charge in [-0.1, -0.05) is 0 Å². The molecule has 1 N–H and O–H groups in total. The van der Waals surface area contributed by atoms with Gasteiger partial charge in [-0.15, -0.1) is 10.2 Å². The van der Waals surface area contributed by atoms with Gasteiger partial charge in [-0.3, -0.25) is 14.5 Å². The van der Waals surface area contributed by atoms with Crippen LogP contribution in [0.5, 0.6) is 0 Å². The topological polar surface area (TPSA) is 100 Å². The smallest absolute Gasteiger partial charge is 0.273 e. The molecule has 0 spiro atoms. The molecule has 4 heterocycles. The van der Waals surface area contributed by atoms with Crippen molar-refractivity contribution in [2.45, 2.75) is 38.1 Å². The summed E-state index contributed by atoms with van der Waals surface area (Å²) in [6.07, 6.45) is 6.75. The predicted octanol–water partition coefficient (Wildman–Crippen LogP) is 0.514. The van der Waals surface area contributed by atoms with E-state index in [4.69, 9.17) is 0 Å². The van der Waals surface area contributed by atoms with Crippen LogP contribution in [0, 0.1) is 0 Å². The molecule has 27 heavy (non-hydrogen) atoms. The number of hydrogen-bond acceptors (Lipinski definition) is 6. The quantitative estimate of drug-likeness (QED) is 0.841. The molecule has 0 atom stereocenters. The Hall–Kier alpha value is -2.55. The van der Waals surface area contributed by atoms with Crippen LogP contribution < -0.4 is 5.56 Å². The number of aromatic nitrogens is 5. The van der Waals surface area contributed by atoms with Crippen LogP contribution in [0.1, 0.15) is 53.7 Å². The number of rotatable bonds is 4.